The minimum atomic E-state index is -0.507. The van der Waals surface area contributed by atoms with E-state index in [4.69, 9.17) is 4.74 Å². The standard InChI is InChI=1S/C22H24O3/c1-22(2,3)25-18(23)14-17-19(15-10-6-4-7-11-15)20(17)21(24)16-12-8-5-9-13-16/h4-13,17,19-20H,14H2,1-3H3/t17-,19+,20+/m1/s1. The number of carbonyl (C=O) groups is 2. The molecule has 1 aliphatic carbocycles. The molecule has 3 atom stereocenters. The normalized spacial score (nSPS) is 22.3. The zero-order valence-electron chi connectivity index (χ0n) is 14.9. The van der Waals surface area contributed by atoms with E-state index >= 15 is 0 Å². The SMILES string of the molecule is CC(C)(C)OC(=O)C[C@H]1[C@H](C(=O)c2ccccc2)[C@H]1c1ccccc1. The van der Waals surface area contributed by atoms with Crippen molar-refractivity contribution >= 4 is 11.8 Å². The molecule has 0 amide bonds. The topological polar surface area (TPSA) is 43.4 Å². The van der Waals surface area contributed by atoms with Gasteiger partial charge in [-0.1, -0.05) is 60.7 Å². The van der Waals surface area contributed by atoms with Crippen molar-refractivity contribution in [1.29, 1.82) is 0 Å². The van der Waals surface area contributed by atoms with Crippen LogP contribution in [-0.4, -0.2) is 17.4 Å². The number of hydrogen-bond acceptors (Lipinski definition) is 3. The van der Waals surface area contributed by atoms with Gasteiger partial charge in [0.25, 0.3) is 0 Å². The van der Waals surface area contributed by atoms with E-state index in [1.165, 1.54) is 0 Å². The van der Waals surface area contributed by atoms with Crippen molar-refractivity contribution < 1.29 is 14.3 Å². The van der Waals surface area contributed by atoms with E-state index < -0.39 is 5.60 Å². The zero-order chi connectivity index (χ0) is 18.0. The predicted octanol–water partition coefficient (Wildman–Crippen LogP) is 4.63. The molecule has 1 fully saturated rings. The molecule has 0 spiro atoms. The van der Waals surface area contributed by atoms with Crippen molar-refractivity contribution in [2.75, 3.05) is 0 Å². The van der Waals surface area contributed by atoms with E-state index in [0.717, 1.165) is 5.56 Å². The Morgan fingerprint density at radius 1 is 0.920 bits per heavy atom. The number of rotatable bonds is 5. The lowest BCUT2D eigenvalue weighted by molar-refractivity contribution is -0.155. The summed E-state index contributed by atoms with van der Waals surface area (Å²) >= 11 is 0. The molecule has 3 heteroatoms. The molecule has 0 saturated heterocycles. The van der Waals surface area contributed by atoms with Crippen LogP contribution in [0.1, 0.15) is 49.0 Å². The molecule has 0 aliphatic heterocycles. The molecule has 2 aromatic rings. The maximum absolute atomic E-state index is 12.9. The lowest BCUT2D eigenvalue weighted by Crippen LogP contribution is -2.24. The number of carbonyl (C=O) groups excluding carboxylic acids is 2. The van der Waals surface area contributed by atoms with Crippen molar-refractivity contribution in [3.05, 3.63) is 71.8 Å². The van der Waals surface area contributed by atoms with Crippen LogP contribution in [0.2, 0.25) is 0 Å². The average molecular weight is 336 g/mol. The third kappa shape index (κ3) is 4.16. The lowest BCUT2D eigenvalue weighted by Gasteiger charge is -2.19. The highest BCUT2D eigenvalue weighted by Crippen LogP contribution is 2.57. The second-order valence-electron chi connectivity index (χ2n) is 7.65. The molecular weight excluding hydrogens is 312 g/mol. The zero-order valence-corrected chi connectivity index (χ0v) is 14.9. The maximum Gasteiger partial charge on any atom is 0.306 e. The van der Waals surface area contributed by atoms with Gasteiger partial charge in [0, 0.05) is 17.9 Å². The van der Waals surface area contributed by atoms with Crippen LogP contribution in [-0.2, 0) is 9.53 Å². The van der Waals surface area contributed by atoms with E-state index in [0.29, 0.717) is 5.56 Å². The van der Waals surface area contributed by atoms with Gasteiger partial charge < -0.3 is 4.74 Å². The van der Waals surface area contributed by atoms with Gasteiger partial charge in [-0.3, -0.25) is 9.59 Å². The number of esters is 1. The monoisotopic (exact) mass is 336 g/mol. The number of benzene rings is 2. The first-order valence-corrected chi connectivity index (χ1v) is 8.73. The molecule has 3 nitrogen and oxygen atoms in total. The largest absolute Gasteiger partial charge is 0.460 e. The Bertz CT molecular complexity index is 744. The van der Waals surface area contributed by atoms with Gasteiger partial charge in [-0.2, -0.15) is 0 Å². The van der Waals surface area contributed by atoms with Crippen LogP contribution in [0, 0.1) is 11.8 Å². The first-order chi connectivity index (χ1) is 11.9. The second kappa shape index (κ2) is 6.83. The number of ketones is 1. The van der Waals surface area contributed by atoms with Crippen LogP contribution < -0.4 is 0 Å². The van der Waals surface area contributed by atoms with Gasteiger partial charge in [0.15, 0.2) is 5.78 Å². The van der Waals surface area contributed by atoms with Crippen LogP contribution in [0.4, 0.5) is 0 Å². The Balaban J connectivity index is 1.79. The third-order valence-electron chi connectivity index (χ3n) is 4.54. The summed E-state index contributed by atoms with van der Waals surface area (Å²) in [6, 6.07) is 19.3. The highest BCUT2D eigenvalue weighted by molar-refractivity contribution is 6.01. The fourth-order valence-electron chi connectivity index (χ4n) is 3.49. The van der Waals surface area contributed by atoms with Crippen molar-refractivity contribution in [3.8, 4) is 0 Å². The average Bonchev–Trinajstić information content (AvgIpc) is 3.27. The van der Waals surface area contributed by atoms with Crippen molar-refractivity contribution in [2.24, 2.45) is 11.8 Å². The fraction of sp³-hybridized carbons (Fsp3) is 0.364. The summed E-state index contributed by atoms with van der Waals surface area (Å²) in [5.74, 6) is -0.187. The van der Waals surface area contributed by atoms with Crippen molar-refractivity contribution in [1.82, 2.24) is 0 Å². The van der Waals surface area contributed by atoms with Crippen LogP contribution in [0.3, 0.4) is 0 Å². The molecule has 1 aliphatic rings. The quantitative estimate of drug-likeness (QED) is 0.590. The minimum Gasteiger partial charge on any atom is -0.460 e. The van der Waals surface area contributed by atoms with Crippen LogP contribution in [0.15, 0.2) is 60.7 Å². The molecule has 0 radical (unpaired) electrons. The van der Waals surface area contributed by atoms with Gasteiger partial charge in [0.05, 0.1) is 0 Å². The number of hydrogen-bond donors (Lipinski definition) is 0. The van der Waals surface area contributed by atoms with E-state index in [2.05, 4.69) is 0 Å². The van der Waals surface area contributed by atoms with Gasteiger partial charge >= 0.3 is 5.97 Å². The Morgan fingerprint density at radius 3 is 2.04 bits per heavy atom. The van der Waals surface area contributed by atoms with Gasteiger partial charge in [-0.15, -0.1) is 0 Å². The minimum absolute atomic E-state index is 0.00459. The second-order valence-corrected chi connectivity index (χ2v) is 7.65. The predicted molar refractivity (Wildman–Crippen MR) is 97.4 cm³/mol. The van der Waals surface area contributed by atoms with E-state index in [-0.39, 0.29) is 35.9 Å². The third-order valence-corrected chi connectivity index (χ3v) is 4.54. The van der Waals surface area contributed by atoms with E-state index in [9.17, 15) is 9.59 Å². The Morgan fingerprint density at radius 2 is 1.48 bits per heavy atom. The van der Waals surface area contributed by atoms with Crippen LogP contribution in [0.25, 0.3) is 0 Å². The summed E-state index contributed by atoms with van der Waals surface area (Å²) in [5, 5.41) is 0. The Kier molecular flexibility index (Phi) is 4.76. The molecule has 3 rings (SSSR count). The highest BCUT2D eigenvalue weighted by atomic mass is 16.6. The lowest BCUT2D eigenvalue weighted by atomic mass is 10.0. The molecule has 1 saturated carbocycles. The van der Waals surface area contributed by atoms with Gasteiger partial charge in [0.1, 0.15) is 5.60 Å². The molecule has 0 aromatic heterocycles. The van der Waals surface area contributed by atoms with Crippen molar-refractivity contribution in [3.63, 3.8) is 0 Å². The highest BCUT2D eigenvalue weighted by Gasteiger charge is 2.56. The summed E-state index contributed by atoms with van der Waals surface area (Å²) in [4.78, 5) is 25.2. The number of ether oxygens (including phenoxy) is 1. The van der Waals surface area contributed by atoms with Crippen LogP contribution in [0.5, 0.6) is 0 Å². The first kappa shape index (κ1) is 17.4. The molecule has 0 heterocycles. The molecule has 25 heavy (non-hydrogen) atoms. The van der Waals surface area contributed by atoms with Crippen LogP contribution >= 0.6 is 0 Å². The molecule has 0 unspecified atom stereocenters. The smallest absolute Gasteiger partial charge is 0.306 e. The van der Waals surface area contributed by atoms with E-state index in [1.807, 2.05) is 81.4 Å². The Hall–Kier alpha value is -2.42. The van der Waals surface area contributed by atoms with Gasteiger partial charge in [-0.25, -0.2) is 0 Å². The molecular formula is C22H24O3. The summed E-state index contributed by atoms with van der Waals surface area (Å²) in [7, 11) is 0. The van der Waals surface area contributed by atoms with Crippen molar-refractivity contribution in [2.45, 2.75) is 38.7 Å². The summed E-state index contributed by atoms with van der Waals surface area (Å²) in [6.07, 6.45) is 0.278. The maximum atomic E-state index is 12.9. The summed E-state index contributed by atoms with van der Waals surface area (Å²) < 4.78 is 5.46. The van der Waals surface area contributed by atoms with E-state index in [1.54, 1.807) is 0 Å². The molecule has 130 valence electrons. The Labute approximate surface area is 149 Å². The number of Topliss-reactive ketones (excluding diaryl/α,β-unsaturated/α-hetero) is 1. The molecule has 0 N–H and O–H groups in total. The first-order valence-electron chi connectivity index (χ1n) is 8.73. The van der Waals surface area contributed by atoms with Gasteiger partial charge in [-0.05, 0) is 38.2 Å². The molecule has 0 bridgehead atoms. The molecule has 2 aromatic carbocycles. The summed E-state index contributed by atoms with van der Waals surface area (Å²) in [5.41, 5.74) is 1.32. The van der Waals surface area contributed by atoms with Gasteiger partial charge in [0.2, 0.25) is 0 Å². The fourth-order valence-corrected chi connectivity index (χ4v) is 3.49. The summed E-state index contributed by atoms with van der Waals surface area (Å²) in [6.45, 7) is 5.58.